The molecule has 1 aliphatic heterocycles. The molecule has 4 nitrogen and oxygen atoms in total. The van der Waals surface area contributed by atoms with E-state index >= 15 is 0 Å². The molecule has 0 aromatic heterocycles. The van der Waals surface area contributed by atoms with Gasteiger partial charge >= 0.3 is 6.09 Å². The van der Waals surface area contributed by atoms with Crippen molar-refractivity contribution in [2.24, 2.45) is 0 Å². The van der Waals surface area contributed by atoms with E-state index in [4.69, 9.17) is 4.74 Å². The third-order valence-corrected chi connectivity index (χ3v) is 3.07. The van der Waals surface area contributed by atoms with E-state index in [1.807, 2.05) is 44.8 Å². The highest BCUT2D eigenvalue weighted by Gasteiger charge is 2.29. The molecule has 0 aliphatic carbocycles. The first-order valence-electron chi connectivity index (χ1n) is 6.73. The summed E-state index contributed by atoms with van der Waals surface area (Å²) < 4.78 is 5.45. The molecule has 19 heavy (non-hydrogen) atoms. The van der Waals surface area contributed by atoms with Crippen LogP contribution < -0.4 is 0 Å². The van der Waals surface area contributed by atoms with Gasteiger partial charge in [0.25, 0.3) is 0 Å². The van der Waals surface area contributed by atoms with Crippen molar-refractivity contribution in [3.8, 4) is 0 Å². The van der Waals surface area contributed by atoms with Crippen LogP contribution in [0.25, 0.3) is 0 Å². The van der Waals surface area contributed by atoms with Gasteiger partial charge in [0, 0.05) is 19.6 Å². The minimum atomic E-state index is -0.461. The summed E-state index contributed by atoms with van der Waals surface area (Å²) in [6.07, 6.45) is -0.275. The fourth-order valence-electron chi connectivity index (χ4n) is 2.25. The largest absolute Gasteiger partial charge is 0.443 e. The van der Waals surface area contributed by atoms with Crippen LogP contribution in [-0.2, 0) is 17.8 Å². The van der Waals surface area contributed by atoms with E-state index in [0.29, 0.717) is 6.54 Å². The summed E-state index contributed by atoms with van der Waals surface area (Å²) >= 11 is 0. The van der Waals surface area contributed by atoms with Gasteiger partial charge in [-0.1, -0.05) is 24.3 Å². The summed E-state index contributed by atoms with van der Waals surface area (Å²) in [6.45, 7) is 9.77. The number of hydrogen-bond donors (Lipinski definition) is 0. The minimum Gasteiger partial charge on any atom is -0.443 e. The van der Waals surface area contributed by atoms with Gasteiger partial charge in [0.2, 0.25) is 0 Å². The van der Waals surface area contributed by atoms with Crippen LogP contribution in [0.4, 0.5) is 4.79 Å². The van der Waals surface area contributed by atoms with E-state index in [9.17, 15) is 4.79 Å². The zero-order chi connectivity index (χ0) is 14.0. The average molecular weight is 262 g/mol. The standard InChI is InChI=1S/C15H22N2O2/c1-5-17(14(18)19-15(2,3)4)16-10-12-8-6-7-9-13(12)11-16/h6-9H,5,10-11H2,1-4H3. The van der Waals surface area contributed by atoms with Crippen molar-refractivity contribution in [1.82, 2.24) is 10.0 Å². The van der Waals surface area contributed by atoms with Gasteiger partial charge in [-0.25, -0.2) is 14.8 Å². The Morgan fingerprint density at radius 1 is 1.26 bits per heavy atom. The number of rotatable bonds is 2. The predicted molar refractivity (Wildman–Crippen MR) is 74.3 cm³/mol. The normalized spacial score (nSPS) is 15.2. The van der Waals surface area contributed by atoms with Crippen LogP contribution in [0.15, 0.2) is 24.3 Å². The van der Waals surface area contributed by atoms with Crippen LogP contribution in [0.5, 0.6) is 0 Å². The zero-order valence-corrected chi connectivity index (χ0v) is 12.1. The van der Waals surface area contributed by atoms with E-state index < -0.39 is 5.60 Å². The first-order valence-corrected chi connectivity index (χ1v) is 6.73. The molecule has 1 aromatic rings. The maximum Gasteiger partial charge on any atom is 0.424 e. The maximum absolute atomic E-state index is 12.2. The Kier molecular flexibility index (Phi) is 3.80. The molecule has 1 amide bonds. The van der Waals surface area contributed by atoms with Crippen molar-refractivity contribution in [3.05, 3.63) is 35.4 Å². The summed E-state index contributed by atoms with van der Waals surface area (Å²) in [6, 6.07) is 8.29. The number of ether oxygens (including phenoxy) is 1. The van der Waals surface area contributed by atoms with Crippen molar-refractivity contribution in [2.75, 3.05) is 6.54 Å². The first kappa shape index (κ1) is 13.9. The molecule has 0 radical (unpaired) electrons. The number of benzene rings is 1. The average Bonchev–Trinajstić information content (AvgIpc) is 2.70. The van der Waals surface area contributed by atoms with Gasteiger partial charge in [0.15, 0.2) is 0 Å². The van der Waals surface area contributed by atoms with Gasteiger partial charge in [0.1, 0.15) is 5.60 Å². The first-order chi connectivity index (χ1) is 8.90. The Hall–Kier alpha value is -1.55. The van der Waals surface area contributed by atoms with E-state index in [1.165, 1.54) is 11.1 Å². The van der Waals surface area contributed by atoms with Crippen molar-refractivity contribution in [3.63, 3.8) is 0 Å². The second-order valence-electron chi connectivity index (χ2n) is 5.79. The fraction of sp³-hybridized carbons (Fsp3) is 0.533. The number of hydrazine groups is 1. The summed E-state index contributed by atoms with van der Waals surface area (Å²) in [5.74, 6) is 0. The number of fused-ring (bicyclic) bond motifs is 1. The summed E-state index contributed by atoms with van der Waals surface area (Å²) in [5.41, 5.74) is 2.10. The van der Waals surface area contributed by atoms with Gasteiger partial charge in [-0.15, -0.1) is 0 Å². The topological polar surface area (TPSA) is 32.8 Å². The van der Waals surface area contributed by atoms with Gasteiger partial charge in [-0.05, 0) is 38.8 Å². The van der Waals surface area contributed by atoms with Crippen molar-refractivity contribution >= 4 is 6.09 Å². The van der Waals surface area contributed by atoms with E-state index in [-0.39, 0.29) is 6.09 Å². The molecule has 1 aromatic carbocycles. The summed E-state index contributed by atoms with van der Waals surface area (Å²) in [5, 5.41) is 3.73. The molecule has 4 heteroatoms. The molecule has 0 saturated heterocycles. The highest BCUT2D eigenvalue weighted by molar-refractivity contribution is 5.67. The fourth-order valence-corrected chi connectivity index (χ4v) is 2.25. The smallest absolute Gasteiger partial charge is 0.424 e. The molecule has 0 bridgehead atoms. The second-order valence-corrected chi connectivity index (χ2v) is 5.79. The van der Waals surface area contributed by atoms with Crippen LogP contribution in [0.1, 0.15) is 38.8 Å². The summed E-state index contributed by atoms with van der Waals surface area (Å²) in [7, 11) is 0. The molecule has 0 spiro atoms. The van der Waals surface area contributed by atoms with Crippen LogP contribution in [0, 0.1) is 0 Å². The molecular weight excluding hydrogens is 240 g/mol. The van der Waals surface area contributed by atoms with Gasteiger partial charge < -0.3 is 4.74 Å². The second kappa shape index (κ2) is 5.21. The Bertz CT molecular complexity index is 440. The Morgan fingerprint density at radius 3 is 2.21 bits per heavy atom. The quantitative estimate of drug-likeness (QED) is 0.820. The molecular formula is C15H22N2O2. The van der Waals surface area contributed by atoms with Crippen molar-refractivity contribution < 1.29 is 9.53 Å². The van der Waals surface area contributed by atoms with E-state index in [1.54, 1.807) is 5.01 Å². The SMILES string of the molecule is CCN(C(=O)OC(C)(C)C)N1Cc2ccccc2C1. The van der Waals surface area contributed by atoms with Crippen molar-refractivity contribution in [2.45, 2.75) is 46.4 Å². The Balaban J connectivity index is 2.07. The van der Waals surface area contributed by atoms with Crippen LogP contribution in [0.3, 0.4) is 0 Å². The molecule has 0 N–H and O–H groups in total. The van der Waals surface area contributed by atoms with Gasteiger partial charge in [-0.2, -0.15) is 0 Å². The lowest BCUT2D eigenvalue weighted by Crippen LogP contribution is -2.45. The zero-order valence-electron chi connectivity index (χ0n) is 12.1. The molecule has 0 unspecified atom stereocenters. The monoisotopic (exact) mass is 262 g/mol. The lowest BCUT2D eigenvalue weighted by molar-refractivity contribution is -0.0516. The van der Waals surface area contributed by atoms with Crippen LogP contribution in [0.2, 0.25) is 0 Å². The van der Waals surface area contributed by atoms with Crippen LogP contribution >= 0.6 is 0 Å². The number of nitrogens with zero attached hydrogens (tertiary/aromatic N) is 2. The number of amides is 1. The van der Waals surface area contributed by atoms with E-state index in [0.717, 1.165) is 13.1 Å². The van der Waals surface area contributed by atoms with Gasteiger partial charge in [-0.3, -0.25) is 0 Å². The number of carbonyl (C=O) groups is 1. The highest BCUT2D eigenvalue weighted by atomic mass is 16.6. The summed E-state index contributed by atoms with van der Waals surface area (Å²) in [4.78, 5) is 12.2. The van der Waals surface area contributed by atoms with Crippen molar-refractivity contribution in [1.29, 1.82) is 0 Å². The molecule has 104 valence electrons. The Morgan fingerprint density at radius 2 is 1.79 bits per heavy atom. The highest BCUT2D eigenvalue weighted by Crippen LogP contribution is 2.24. The van der Waals surface area contributed by atoms with E-state index in [2.05, 4.69) is 12.1 Å². The van der Waals surface area contributed by atoms with Crippen LogP contribution in [-0.4, -0.2) is 28.3 Å². The minimum absolute atomic E-state index is 0.275. The number of hydrogen-bond acceptors (Lipinski definition) is 3. The molecule has 0 atom stereocenters. The molecule has 0 saturated carbocycles. The third kappa shape index (κ3) is 3.26. The number of carbonyl (C=O) groups excluding carboxylic acids is 1. The Labute approximate surface area is 114 Å². The maximum atomic E-state index is 12.2. The molecule has 1 heterocycles. The molecule has 2 rings (SSSR count). The molecule has 0 fully saturated rings. The predicted octanol–water partition coefficient (Wildman–Crippen LogP) is 3.17. The van der Waals surface area contributed by atoms with Gasteiger partial charge in [0.05, 0.1) is 0 Å². The lowest BCUT2D eigenvalue weighted by atomic mass is 10.1. The third-order valence-electron chi connectivity index (χ3n) is 3.07. The molecule has 1 aliphatic rings. The lowest BCUT2D eigenvalue weighted by Gasteiger charge is -2.32.